The van der Waals surface area contributed by atoms with Crippen LogP contribution in [-0.4, -0.2) is 18.3 Å². The van der Waals surface area contributed by atoms with Gasteiger partial charge in [-0.15, -0.1) is 0 Å². The lowest BCUT2D eigenvalue weighted by Gasteiger charge is -2.10. The predicted octanol–water partition coefficient (Wildman–Crippen LogP) is 16.0. The minimum Gasteiger partial charge on any atom is -0.456 e. The molecule has 15 aromatic rings. The highest BCUT2D eigenvalue weighted by atomic mass is 16.3. The zero-order valence-corrected chi connectivity index (χ0v) is 35.0. The maximum absolute atomic E-state index is 6.62. The maximum Gasteiger partial charge on any atom is 0.135 e. The number of furan rings is 1. The molecule has 0 N–H and O–H groups in total. The van der Waals surface area contributed by atoms with Gasteiger partial charge in [-0.25, -0.2) is 0 Å². The van der Waals surface area contributed by atoms with E-state index in [-0.39, 0.29) is 0 Å². The van der Waals surface area contributed by atoms with Gasteiger partial charge in [-0.05, 0) is 109 Å². The Morgan fingerprint density at radius 3 is 0.831 bits per heavy atom. The number of nitrogens with zero attached hydrogens (tertiary/aromatic N) is 4. The molecule has 0 aliphatic rings. The highest BCUT2D eigenvalue weighted by Crippen LogP contribution is 2.43. The Kier molecular flexibility index (Phi) is 6.89. The summed E-state index contributed by atoms with van der Waals surface area (Å²) in [5.74, 6) is 0. The van der Waals surface area contributed by atoms with Crippen LogP contribution in [0.4, 0.5) is 0 Å². The van der Waals surface area contributed by atoms with E-state index in [1.54, 1.807) is 0 Å². The second-order valence-electron chi connectivity index (χ2n) is 17.3. The molecule has 0 aliphatic heterocycles. The summed E-state index contributed by atoms with van der Waals surface area (Å²) in [5, 5.41) is 12.0. The summed E-state index contributed by atoms with van der Waals surface area (Å²) in [4.78, 5) is 0. The Morgan fingerprint density at radius 1 is 0.200 bits per heavy atom. The van der Waals surface area contributed by atoms with Crippen LogP contribution in [0.25, 0.3) is 132 Å². The fourth-order valence-electron chi connectivity index (χ4n) is 11.2. The van der Waals surface area contributed by atoms with Crippen molar-refractivity contribution in [3.63, 3.8) is 0 Å². The van der Waals surface area contributed by atoms with Crippen molar-refractivity contribution < 1.29 is 4.42 Å². The molecule has 65 heavy (non-hydrogen) atoms. The van der Waals surface area contributed by atoms with E-state index in [1.807, 2.05) is 0 Å². The van der Waals surface area contributed by atoms with E-state index < -0.39 is 0 Å². The van der Waals surface area contributed by atoms with Crippen molar-refractivity contribution in [2.45, 2.75) is 0 Å². The fourth-order valence-corrected chi connectivity index (χ4v) is 11.2. The molecule has 0 spiro atoms. The number of benzene rings is 10. The molecule has 5 aromatic heterocycles. The Bertz CT molecular complexity index is 4180. The first-order chi connectivity index (χ1) is 32.2. The lowest BCUT2D eigenvalue weighted by Crippen LogP contribution is -1.95. The van der Waals surface area contributed by atoms with E-state index in [2.05, 4.69) is 237 Å². The van der Waals surface area contributed by atoms with Gasteiger partial charge in [0.1, 0.15) is 11.2 Å². The quantitative estimate of drug-likeness (QED) is 0.174. The molecule has 10 aromatic carbocycles. The minimum absolute atomic E-state index is 0.868. The fraction of sp³-hybridized carbons (Fsp3) is 0. The number of hydrogen-bond acceptors (Lipinski definition) is 1. The average Bonchev–Trinajstić information content (AvgIpc) is 4.15. The molecular weight excluding hydrogens is 793 g/mol. The van der Waals surface area contributed by atoms with E-state index in [4.69, 9.17) is 4.42 Å². The van der Waals surface area contributed by atoms with Crippen molar-refractivity contribution >= 4 is 109 Å². The predicted molar refractivity (Wildman–Crippen MR) is 271 cm³/mol. The van der Waals surface area contributed by atoms with E-state index in [0.29, 0.717) is 0 Å². The smallest absolute Gasteiger partial charge is 0.135 e. The number of rotatable bonds is 4. The molecule has 0 atom stereocenters. The first kappa shape index (κ1) is 34.7. The lowest BCUT2D eigenvalue weighted by atomic mass is 10.1. The number of para-hydroxylation sites is 6. The average molecular weight is 829 g/mol. The van der Waals surface area contributed by atoms with Crippen molar-refractivity contribution in [2.75, 3.05) is 0 Å². The van der Waals surface area contributed by atoms with Crippen LogP contribution in [0.1, 0.15) is 0 Å². The van der Waals surface area contributed by atoms with Gasteiger partial charge in [0.15, 0.2) is 0 Å². The van der Waals surface area contributed by atoms with Crippen LogP contribution in [0.15, 0.2) is 223 Å². The topological polar surface area (TPSA) is 32.9 Å². The van der Waals surface area contributed by atoms with E-state index in [1.165, 1.54) is 87.2 Å². The van der Waals surface area contributed by atoms with Crippen molar-refractivity contribution in [2.24, 2.45) is 0 Å². The molecule has 0 aliphatic carbocycles. The SMILES string of the molecule is c1ccc(-n2c3ccccc3c3cc4c(cc32)c2ccccc2n4-c2ccc3oc4ccc(-n5c6ccccc6c6cc7c(cc65)c5ccccc5n7-c5ccccc5)cc4c3c2)cc1. The number of fused-ring (bicyclic) bond motifs is 15. The standard InChI is InChI=1S/C60H36N4O/c1-3-15-37(16-4-1)61-51-23-11-7-19-41(51)45-35-57-47(33-55(45)61)43-21-9-13-25-53(43)63(57)39-27-29-59-49(31-39)50-32-40(28-30-60(50)65-59)64-54-26-14-10-22-44(54)48-34-56-46(36-58(48)64)42-20-8-12-24-52(42)62(56)38-17-5-2-6-18-38/h1-36H. The van der Waals surface area contributed by atoms with Crippen LogP contribution < -0.4 is 0 Å². The van der Waals surface area contributed by atoms with Crippen molar-refractivity contribution in [3.05, 3.63) is 218 Å². The second-order valence-corrected chi connectivity index (χ2v) is 17.3. The summed E-state index contributed by atoms with van der Waals surface area (Å²) in [6.45, 7) is 0. The molecule has 0 amide bonds. The van der Waals surface area contributed by atoms with Crippen LogP contribution in [0.3, 0.4) is 0 Å². The molecule has 0 radical (unpaired) electrons. The molecule has 5 heteroatoms. The van der Waals surface area contributed by atoms with Crippen LogP contribution in [0.2, 0.25) is 0 Å². The molecule has 0 fully saturated rings. The van der Waals surface area contributed by atoms with Crippen molar-refractivity contribution in [1.29, 1.82) is 0 Å². The summed E-state index contributed by atoms with van der Waals surface area (Å²) in [6.07, 6.45) is 0. The van der Waals surface area contributed by atoms with Gasteiger partial charge in [-0.1, -0.05) is 109 Å². The zero-order chi connectivity index (χ0) is 42.3. The minimum atomic E-state index is 0.868. The van der Waals surface area contributed by atoms with Gasteiger partial charge < -0.3 is 22.7 Å². The monoisotopic (exact) mass is 828 g/mol. The first-order valence-electron chi connectivity index (χ1n) is 22.3. The molecule has 0 saturated carbocycles. The molecule has 302 valence electrons. The van der Waals surface area contributed by atoms with E-state index in [9.17, 15) is 0 Å². The van der Waals surface area contributed by atoms with E-state index >= 15 is 0 Å². The second kappa shape index (κ2) is 12.9. The first-order valence-corrected chi connectivity index (χ1v) is 22.3. The van der Waals surface area contributed by atoms with Crippen molar-refractivity contribution in [3.8, 4) is 22.7 Å². The Balaban J connectivity index is 0.959. The third-order valence-electron chi connectivity index (χ3n) is 13.9. The van der Waals surface area contributed by atoms with Gasteiger partial charge >= 0.3 is 0 Å². The van der Waals surface area contributed by atoms with Gasteiger partial charge in [-0.2, -0.15) is 0 Å². The highest BCUT2D eigenvalue weighted by molar-refractivity contribution is 6.21. The third kappa shape index (κ3) is 4.76. The van der Waals surface area contributed by atoms with Crippen LogP contribution in [0.5, 0.6) is 0 Å². The molecule has 5 nitrogen and oxygen atoms in total. The summed E-state index contributed by atoms with van der Waals surface area (Å²) in [6, 6.07) is 79.5. The molecule has 0 unspecified atom stereocenters. The van der Waals surface area contributed by atoms with Crippen molar-refractivity contribution in [1.82, 2.24) is 18.3 Å². The van der Waals surface area contributed by atoms with Gasteiger partial charge in [0, 0.05) is 76.6 Å². The van der Waals surface area contributed by atoms with Crippen LogP contribution in [-0.2, 0) is 0 Å². The molecule has 15 rings (SSSR count). The molecule has 0 bridgehead atoms. The summed E-state index contributed by atoms with van der Waals surface area (Å²) in [5.41, 5.74) is 15.7. The van der Waals surface area contributed by atoms with E-state index in [0.717, 1.165) is 44.7 Å². The largest absolute Gasteiger partial charge is 0.456 e. The Hall–Kier alpha value is -8.80. The van der Waals surface area contributed by atoms with Crippen LogP contribution in [0, 0.1) is 0 Å². The normalized spacial score (nSPS) is 12.3. The number of aromatic nitrogens is 4. The zero-order valence-electron chi connectivity index (χ0n) is 35.0. The van der Waals surface area contributed by atoms with Gasteiger partial charge in [0.05, 0.1) is 44.1 Å². The molecule has 5 heterocycles. The number of hydrogen-bond donors (Lipinski definition) is 0. The highest BCUT2D eigenvalue weighted by Gasteiger charge is 2.22. The summed E-state index contributed by atoms with van der Waals surface area (Å²) < 4.78 is 16.3. The van der Waals surface area contributed by atoms with Crippen LogP contribution >= 0.6 is 0 Å². The molecular formula is C60H36N4O. The maximum atomic E-state index is 6.62. The third-order valence-corrected chi connectivity index (χ3v) is 13.9. The van der Waals surface area contributed by atoms with Gasteiger partial charge in [0.25, 0.3) is 0 Å². The lowest BCUT2D eigenvalue weighted by molar-refractivity contribution is 0.669. The van der Waals surface area contributed by atoms with Gasteiger partial charge in [-0.3, -0.25) is 0 Å². The molecule has 0 saturated heterocycles. The van der Waals surface area contributed by atoms with Gasteiger partial charge in [0.2, 0.25) is 0 Å². The Morgan fingerprint density at radius 2 is 0.492 bits per heavy atom. The summed E-state index contributed by atoms with van der Waals surface area (Å²) in [7, 11) is 0. The Labute approximate surface area is 371 Å². The summed E-state index contributed by atoms with van der Waals surface area (Å²) >= 11 is 0.